The van der Waals surface area contributed by atoms with Crippen LogP contribution in [0.4, 0.5) is 11.4 Å². The maximum absolute atomic E-state index is 13.7. The van der Waals surface area contributed by atoms with Crippen molar-refractivity contribution >= 4 is 70.1 Å². The molecule has 1 atom stereocenters. The van der Waals surface area contributed by atoms with Crippen molar-refractivity contribution in [1.82, 2.24) is 5.32 Å². The Morgan fingerprint density at radius 2 is 1.44 bits per heavy atom. The SMILES string of the molecule is CCOc1ccccc1/C=C(/NC(=O)c1ccccc1)C(=O)Nc1cccc(SC(C(=O)Nc2ccc(Cl)c(Cl)c2)c2ccccc2)c1. The first kappa shape index (κ1) is 34.3. The minimum atomic E-state index is -0.637. The zero-order valence-corrected chi connectivity index (χ0v) is 28.1. The Balaban J connectivity index is 1.40. The number of benzene rings is 5. The molecular weight excluding hydrogens is 665 g/mol. The highest BCUT2D eigenvalue weighted by molar-refractivity contribution is 8.00. The van der Waals surface area contributed by atoms with Gasteiger partial charge in [-0.1, -0.05) is 96.0 Å². The summed E-state index contributed by atoms with van der Waals surface area (Å²) in [5, 5.41) is 8.67. The smallest absolute Gasteiger partial charge is 0.272 e. The fourth-order valence-electron chi connectivity index (χ4n) is 4.65. The monoisotopic (exact) mass is 695 g/mol. The number of carbonyl (C=O) groups excluding carboxylic acids is 3. The number of halogens is 2. The van der Waals surface area contributed by atoms with Crippen molar-refractivity contribution in [3.05, 3.63) is 160 Å². The maximum Gasteiger partial charge on any atom is 0.272 e. The van der Waals surface area contributed by atoms with Gasteiger partial charge in [0, 0.05) is 27.4 Å². The third-order valence-corrected chi connectivity index (χ3v) is 8.91. The second-order valence-electron chi connectivity index (χ2n) is 10.4. The molecule has 3 amide bonds. The van der Waals surface area contributed by atoms with Crippen molar-refractivity contribution in [2.45, 2.75) is 17.1 Å². The average Bonchev–Trinajstić information content (AvgIpc) is 3.10. The van der Waals surface area contributed by atoms with Crippen LogP contribution in [0.2, 0.25) is 10.0 Å². The summed E-state index contributed by atoms with van der Waals surface area (Å²) in [6.07, 6.45) is 1.58. The molecule has 0 radical (unpaired) electrons. The van der Waals surface area contributed by atoms with Gasteiger partial charge in [0.1, 0.15) is 16.7 Å². The zero-order valence-electron chi connectivity index (χ0n) is 25.8. The topological polar surface area (TPSA) is 96.5 Å². The second kappa shape index (κ2) is 16.7. The largest absolute Gasteiger partial charge is 0.493 e. The van der Waals surface area contributed by atoms with Gasteiger partial charge in [0.05, 0.1) is 16.7 Å². The lowest BCUT2D eigenvalue weighted by molar-refractivity contribution is -0.116. The number of carbonyl (C=O) groups is 3. The lowest BCUT2D eigenvalue weighted by Crippen LogP contribution is -2.30. The molecule has 0 bridgehead atoms. The number of hydrogen-bond donors (Lipinski definition) is 3. The number of ether oxygens (including phenoxy) is 1. The summed E-state index contributed by atoms with van der Waals surface area (Å²) in [5.74, 6) is -0.664. The number of hydrogen-bond acceptors (Lipinski definition) is 5. The van der Waals surface area contributed by atoms with Gasteiger partial charge in [-0.2, -0.15) is 0 Å². The summed E-state index contributed by atoms with van der Waals surface area (Å²) in [5.41, 5.74) is 2.83. The Morgan fingerprint density at radius 1 is 0.750 bits per heavy atom. The van der Waals surface area contributed by atoms with Gasteiger partial charge in [-0.15, -0.1) is 11.8 Å². The van der Waals surface area contributed by atoms with Gasteiger partial charge in [-0.3, -0.25) is 14.4 Å². The number of thioether (sulfide) groups is 1. The quantitative estimate of drug-likeness (QED) is 0.0893. The predicted octanol–water partition coefficient (Wildman–Crippen LogP) is 9.27. The third kappa shape index (κ3) is 9.29. The zero-order chi connectivity index (χ0) is 33.9. The van der Waals surface area contributed by atoms with Crippen molar-refractivity contribution < 1.29 is 19.1 Å². The van der Waals surface area contributed by atoms with Crippen LogP contribution < -0.4 is 20.7 Å². The molecule has 0 saturated carbocycles. The van der Waals surface area contributed by atoms with E-state index < -0.39 is 17.1 Å². The highest BCUT2D eigenvalue weighted by Gasteiger charge is 2.23. The van der Waals surface area contributed by atoms with E-state index in [2.05, 4.69) is 16.0 Å². The molecule has 5 aromatic carbocycles. The van der Waals surface area contributed by atoms with Gasteiger partial charge in [-0.05, 0) is 73.2 Å². The van der Waals surface area contributed by atoms with Crippen LogP contribution in [0.1, 0.15) is 33.7 Å². The number of nitrogens with one attached hydrogen (secondary N) is 3. The lowest BCUT2D eigenvalue weighted by atomic mass is 10.1. The molecule has 0 aromatic heterocycles. The average molecular weight is 697 g/mol. The first-order valence-corrected chi connectivity index (χ1v) is 16.6. The van der Waals surface area contributed by atoms with E-state index in [1.807, 2.05) is 61.5 Å². The van der Waals surface area contributed by atoms with Crippen LogP contribution in [-0.4, -0.2) is 24.3 Å². The Labute approximate surface area is 293 Å². The summed E-state index contributed by atoms with van der Waals surface area (Å²) in [6.45, 7) is 2.30. The van der Waals surface area contributed by atoms with Crippen molar-refractivity contribution in [3.8, 4) is 5.75 Å². The van der Waals surface area contributed by atoms with Crippen LogP contribution in [0.3, 0.4) is 0 Å². The maximum atomic E-state index is 13.7. The molecule has 10 heteroatoms. The van der Waals surface area contributed by atoms with E-state index in [0.717, 1.165) is 10.5 Å². The highest BCUT2D eigenvalue weighted by atomic mass is 35.5. The van der Waals surface area contributed by atoms with E-state index in [0.29, 0.717) is 44.9 Å². The van der Waals surface area contributed by atoms with Crippen molar-refractivity contribution in [1.29, 1.82) is 0 Å². The third-order valence-electron chi connectivity index (χ3n) is 6.92. The molecule has 242 valence electrons. The van der Waals surface area contributed by atoms with Crippen molar-refractivity contribution in [2.24, 2.45) is 0 Å². The molecule has 3 N–H and O–H groups in total. The summed E-state index contributed by atoms with van der Waals surface area (Å²) >= 11 is 13.6. The first-order chi connectivity index (χ1) is 23.3. The molecule has 7 nitrogen and oxygen atoms in total. The Kier molecular flexibility index (Phi) is 11.9. The molecule has 0 spiro atoms. The fraction of sp³-hybridized carbons (Fsp3) is 0.0789. The van der Waals surface area contributed by atoms with E-state index in [1.165, 1.54) is 11.8 Å². The van der Waals surface area contributed by atoms with Crippen LogP contribution in [0.5, 0.6) is 5.75 Å². The molecule has 0 aliphatic carbocycles. The van der Waals surface area contributed by atoms with E-state index >= 15 is 0 Å². The van der Waals surface area contributed by atoms with Gasteiger partial charge < -0.3 is 20.7 Å². The lowest BCUT2D eigenvalue weighted by Gasteiger charge is -2.18. The highest BCUT2D eigenvalue weighted by Crippen LogP contribution is 2.37. The Morgan fingerprint density at radius 3 is 2.17 bits per heavy atom. The minimum Gasteiger partial charge on any atom is -0.493 e. The van der Waals surface area contributed by atoms with Gasteiger partial charge in [-0.25, -0.2) is 0 Å². The Bertz CT molecular complexity index is 1940. The van der Waals surface area contributed by atoms with Crippen LogP contribution in [0.15, 0.2) is 138 Å². The Hall–Kier alpha value is -5.02. The van der Waals surface area contributed by atoms with Crippen LogP contribution in [-0.2, 0) is 9.59 Å². The molecular formula is C38H31Cl2N3O4S. The summed E-state index contributed by atoms with van der Waals surface area (Å²) in [4.78, 5) is 41.2. The second-order valence-corrected chi connectivity index (χ2v) is 12.4. The summed E-state index contributed by atoms with van der Waals surface area (Å²) in [7, 11) is 0. The van der Waals surface area contributed by atoms with E-state index in [9.17, 15) is 14.4 Å². The van der Waals surface area contributed by atoms with Crippen molar-refractivity contribution in [2.75, 3.05) is 17.2 Å². The molecule has 48 heavy (non-hydrogen) atoms. The summed E-state index contributed by atoms with van der Waals surface area (Å²) in [6, 6.07) is 37.3. The number of anilines is 2. The van der Waals surface area contributed by atoms with Crippen molar-refractivity contribution in [3.63, 3.8) is 0 Å². The molecule has 0 saturated heterocycles. The molecule has 0 fully saturated rings. The summed E-state index contributed by atoms with van der Waals surface area (Å²) < 4.78 is 5.75. The van der Waals surface area contributed by atoms with Gasteiger partial charge in [0.25, 0.3) is 11.8 Å². The molecule has 1 unspecified atom stereocenters. The molecule has 0 aliphatic rings. The number of para-hydroxylation sites is 1. The standard InChI is InChI=1S/C38H31Cl2N3O4S/c1-2-47-34-19-10-9-16-27(34)22-33(43-36(44)26-14-7-4-8-15-26)37(45)41-28-17-11-18-30(23-28)48-35(25-12-5-3-6-13-25)38(46)42-29-20-21-31(39)32(40)24-29/h3-24,35H,2H2,1H3,(H,41,45)(H,42,46)(H,43,44)/b33-22+. The van der Waals surface area contributed by atoms with Crippen LogP contribution >= 0.6 is 35.0 Å². The van der Waals surface area contributed by atoms with Crippen LogP contribution in [0, 0.1) is 0 Å². The minimum absolute atomic E-state index is 0.0252. The molecule has 0 heterocycles. The molecule has 5 rings (SSSR count). The van der Waals surface area contributed by atoms with Gasteiger partial charge in [0.15, 0.2) is 0 Å². The number of rotatable bonds is 12. The fourth-order valence-corrected chi connectivity index (χ4v) is 6.03. The normalized spacial score (nSPS) is 11.7. The van der Waals surface area contributed by atoms with Crippen LogP contribution in [0.25, 0.3) is 6.08 Å². The van der Waals surface area contributed by atoms with E-state index in [1.54, 1.807) is 78.9 Å². The van der Waals surface area contributed by atoms with Gasteiger partial charge >= 0.3 is 0 Å². The number of amides is 3. The van der Waals surface area contributed by atoms with E-state index in [4.69, 9.17) is 27.9 Å². The predicted molar refractivity (Wildman–Crippen MR) is 195 cm³/mol. The molecule has 0 aliphatic heterocycles. The first-order valence-electron chi connectivity index (χ1n) is 15.0. The van der Waals surface area contributed by atoms with E-state index in [-0.39, 0.29) is 11.6 Å². The van der Waals surface area contributed by atoms with Gasteiger partial charge in [0.2, 0.25) is 5.91 Å². The molecule has 5 aromatic rings.